The monoisotopic (exact) mass is 473 g/mol. The van der Waals surface area contributed by atoms with Gasteiger partial charge in [0.15, 0.2) is 0 Å². The van der Waals surface area contributed by atoms with Crippen molar-refractivity contribution >= 4 is 38.5 Å². The molecule has 1 unspecified atom stereocenters. The minimum absolute atomic E-state index is 0.0314. The van der Waals surface area contributed by atoms with Crippen LogP contribution in [-0.4, -0.2) is 36.4 Å². The van der Waals surface area contributed by atoms with Gasteiger partial charge in [-0.1, -0.05) is 18.2 Å². The van der Waals surface area contributed by atoms with E-state index in [1.165, 1.54) is 24.4 Å². The van der Waals surface area contributed by atoms with E-state index in [0.29, 0.717) is 11.1 Å². The molecule has 2 aromatic heterocycles. The quantitative estimate of drug-likeness (QED) is 0.145. The third kappa shape index (κ3) is 5.20. The van der Waals surface area contributed by atoms with Crippen LogP contribution < -0.4 is 27.5 Å². The van der Waals surface area contributed by atoms with Crippen LogP contribution in [0.4, 0.5) is 5.69 Å². The molecule has 0 aliphatic heterocycles. The van der Waals surface area contributed by atoms with Crippen LogP contribution in [0.3, 0.4) is 0 Å². The number of benzene rings is 1. The van der Waals surface area contributed by atoms with Crippen molar-refractivity contribution in [2.75, 3.05) is 11.3 Å². The van der Waals surface area contributed by atoms with Crippen LogP contribution in [0.1, 0.15) is 18.2 Å². The van der Waals surface area contributed by atoms with Gasteiger partial charge in [-0.05, 0) is 36.3 Å². The molecule has 33 heavy (non-hydrogen) atoms. The van der Waals surface area contributed by atoms with Crippen LogP contribution in [0.2, 0.25) is 0 Å². The lowest BCUT2D eigenvalue weighted by molar-refractivity contribution is -0.121. The number of para-hydroxylation sites is 1. The SMILES string of the molecule is Cc1ccc(NS(=O)(=O)c2cccc3cccnc23)c(=O)n1C(CCON=C(N)N)C(N)=O. The zero-order valence-electron chi connectivity index (χ0n) is 17.6. The number of sulfonamides is 1. The number of nitrogens with two attached hydrogens (primary N) is 3. The van der Waals surface area contributed by atoms with E-state index in [9.17, 15) is 18.0 Å². The highest BCUT2D eigenvalue weighted by Crippen LogP contribution is 2.23. The molecule has 0 bridgehead atoms. The molecule has 0 spiro atoms. The molecule has 174 valence electrons. The average molecular weight is 474 g/mol. The summed E-state index contributed by atoms with van der Waals surface area (Å²) >= 11 is 0. The van der Waals surface area contributed by atoms with Gasteiger partial charge in [0.25, 0.3) is 15.6 Å². The normalized spacial score (nSPS) is 12.2. The molecule has 0 aliphatic rings. The molecule has 0 fully saturated rings. The minimum Gasteiger partial charge on any atom is -0.393 e. The van der Waals surface area contributed by atoms with Crippen LogP contribution in [0.5, 0.6) is 0 Å². The van der Waals surface area contributed by atoms with Crippen LogP contribution in [-0.2, 0) is 19.7 Å². The van der Waals surface area contributed by atoms with E-state index in [1.807, 2.05) is 0 Å². The molecule has 3 aromatic rings. The van der Waals surface area contributed by atoms with Gasteiger partial charge in [0.05, 0.1) is 5.52 Å². The number of anilines is 1. The molecule has 0 saturated carbocycles. The lowest BCUT2D eigenvalue weighted by Gasteiger charge is -2.20. The molecule has 0 aliphatic carbocycles. The molecule has 2 heterocycles. The highest BCUT2D eigenvalue weighted by atomic mass is 32.2. The van der Waals surface area contributed by atoms with Gasteiger partial charge in [-0.3, -0.25) is 23.9 Å². The van der Waals surface area contributed by atoms with Gasteiger partial charge in [-0.25, -0.2) is 8.42 Å². The fraction of sp³-hybridized carbons (Fsp3) is 0.200. The fourth-order valence-corrected chi connectivity index (χ4v) is 4.52. The number of hydrogen-bond donors (Lipinski definition) is 4. The number of hydrogen-bond acceptors (Lipinski definition) is 7. The third-order valence-corrected chi connectivity index (χ3v) is 6.14. The summed E-state index contributed by atoms with van der Waals surface area (Å²) in [4.78, 5) is 34.2. The molecule has 1 amide bonds. The molecule has 1 aromatic carbocycles. The number of nitrogens with one attached hydrogen (secondary N) is 1. The predicted molar refractivity (Wildman–Crippen MR) is 123 cm³/mol. The Kier molecular flexibility index (Phi) is 6.82. The Balaban J connectivity index is 1.98. The molecule has 1 atom stereocenters. The number of aryl methyl sites for hydroxylation is 1. The Morgan fingerprint density at radius 1 is 1.18 bits per heavy atom. The van der Waals surface area contributed by atoms with Gasteiger partial charge >= 0.3 is 0 Å². The largest absolute Gasteiger partial charge is 0.393 e. The Hall–Kier alpha value is -4.13. The number of carbonyl (C=O) groups is 1. The summed E-state index contributed by atoms with van der Waals surface area (Å²) in [5.41, 5.74) is 15.5. The van der Waals surface area contributed by atoms with Crippen molar-refractivity contribution in [2.45, 2.75) is 24.3 Å². The van der Waals surface area contributed by atoms with Crippen LogP contribution in [0.15, 0.2) is 63.5 Å². The topological polar surface area (TPSA) is 198 Å². The Labute approximate surface area is 189 Å². The van der Waals surface area contributed by atoms with Crippen LogP contribution >= 0.6 is 0 Å². The number of oxime groups is 1. The van der Waals surface area contributed by atoms with Crippen LogP contribution in [0.25, 0.3) is 10.9 Å². The molecular formula is C20H23N7O5S. The first-order valence-electron chi connectivity index (χ1n) is 9.70. The van der Waals surface area contributed by atoms with Gasteiger partial charge in [0.2, 0.25) is 11.9 Å². The number of nitrogens with zero attached hydrogens (tertiary/aromatic N) is 3. The van der Waals surface area contributed by atoms with E-state index in [0.717, 1.165) is 4.57 Å². The summed E-state index contributed by atoms with van der Waals surface area (Å²) in [7, 11) is -4.18. The third-order valence-electron chi connectivity index (χ3n) is 4.74. The molecule has 0 radical (unpaired) electrons. The zero-order chi connectivity index (χ0) is 24.2. The number of guanidine groups is 1. The van der Waals surface area contributed by atoms with E-state index in [-0.39, 0.29) is 35.1 Å². The second-order valence-electron chi connectivity index (χ2n) is 7.06. The highest BCUT2D eigenvalue weighted by Gasteiger charge is 2.25. The molecule has 12 nitrogen and oxygen atoms in total. The van der Waals surface area contributed by atoms with Gasteiger partial charge in [0.1, 0.15) is 23.2 Å². The van der Waals surface area contributed by atoms with Gasteiger partial charge in [-0.15, -0.1) is 0 Å². The van der Waals surface area contributed by atoms with Crippen molar-refractivity contribution in [2.24, 2.45) is 22.4 Å². The first kappa shape index (κ1) is 23.5. The standard InChI is InChI=1S/C20H23N7O5S/c1-12-7-8-14(19(29)27(12)15(18(21)28)9-11-32-25-20(22)23)26-33(30,31)16-6-2-4-13-5-3-10-24-17(13)16/h2-8,10,15,26H,9,11H2,1H3,(H2,21,28)(H4,22,23,25). The maximum Gasteiger partial charge on any atom is 0.275 e. The maximum atomic E-state index is 13.2. The lowest BCUT2D eigenvalue weighted by atomic mass is 10.1. The number of pyridine rings is 2. The Bertz CT molecular complexity index is 1380. The summed E-state index contributed by atoms with van der Waals surface area (Å²) in [6, 6.07) is 9.78. The van der Waals surface area contributed by atoms with Crippen molar-refractivity contribution in [3.05, 3.63) is 64.7 Å². The zero-order valence-corrected chi connectivity index (χ0v) is 18.5. The summed E-state index contributed by atoms with van der Waals surface area (Å²) in [6.07, 6.45) is 1.44. The number of amides is 1. The van der Waals surface area contributed by atoms with E-state index < -0.39 is 27.5 Å². The number of carbonyl (C=O) groups excluding carboxylic acids is 1. The summed E-state index contributed by atoms with van der Waals surface area (Å²) in [5.74, 6) is -1.12. The maximum absolute atomic E-state index is 13.2. The van der Waals surface area contributed by atoms with Crippen molar-refractivity contribution in [3.63, 3.8) is 0 Å². The van der Waals surface area contributed by atoms with E-state index >= 15 is 0 Å². The van der Waals surface area contributed by atoms with Gasteiger partial charge < -0.3 is 22.0 Å². The summed E-state index contributed by atoms with van der Waals surface area (Å²) in [5, 5.41) is 3.98. The highest BCUT2D eigenvalue weighted by molar-refractivity contribution is 7.93. The van der Waals surface area contributed by atoms with Gasteiger partial charge in [0, 0.05) is 23.7 Å². The van der Waals surface area contributed by atoms with Crippen molar-refractivity contribution in [1.29, 1.82) is 0 Å². The molecule has 3 rings (SSSR count). The molecule has 7 N–H and O–H groups in total. The number of fused-ring (bicyclic) bond motifs is 1. The Morgan fingerprint density at radius 3 is 2.61 bits per heavy atom. The van der Waals surface area contributed by atoms with E-state index in [2.05, 4.69) is 14.9 Å². The summed E-state index contributed by atoms with van der Waals surface area (Å²) < 4.78 is 29.6. The van der Waals surface area contributed by atoms with Crippen molar-refractivity contribution in [3.8, 4) is 0 Å². The Morgan fingerprint density at radius 2 is 1.91 bits per heavy atom. The first-order valence-corrected chi connectivity index (χ1v) is 11.2. The molecular weight excluding hydrogens is 450 g/mol. The first-order chi connectivity index (χ1) is 15.6. The summed E-state index contributed by atoms with van der Waals surface area (Å²) in [6.45, 7) is 1.47. The van der Waals surface area contributed by atoms with Crippen LogP contribution in [0, 0.1) is 6.92 Å². The average Bonchev–Trinajstić information content (AvgIpc) is 2.76. The fourth-order valence-electron chi connectivity index (χ4n) is 3.29. The second kappa shape index (κ2) is 9.56. The number of primary amides is 1. The lowest BCUT2D eigenvalue weighted by Crippen LogP contribution is -2.37. The molecule has 13 heteroatoms. The smallest absolute Gasteiger partial charge is 0.275 e. The van der Waals surface area contributed by atoms with E-state index in [4.69, 9.17) is 22.0 Å². The van der Waals surface area contributed by atoms with Crippen molar-refractivity contribution < 1.29 is 18.0 Å². The van der Waals surface area contributed by atoms with E-state index in [1.54, 1.807) is 31.2 Å². The number of aromatic nitrogens is 2. The van der Waals surface area contributed by atoms with Crippen molar-refractivity contribution in [1.82, 2.24) is 9.55 Å². The number of rotatable bonds is 9. The minimum atomic E-state index is -4.18. The van der Waals surface area contributed by atoms with Gasteiger partial charge in [-0.2, -0.15) is 0 Å². The molecule has 0 saturated heterocycles. The second-order valence-corrected chi connectivity index (χ2v) is 8.71. The predicted octanol–water partition coefficient (Wildman–Crippen LogP) is 0.127.